The maximum Gasteiger partial charge on any atom is 0.573 e. The van der Waals surface area contributed by atoms with E-state index in [4.69, 9.17) is 4.74 Å². The molecule has 1 aromatic heterocycles. The highest BCUT2D eigenvalue weighted by molar-refractivity contribution is 5.99. The lowest BCUT2D eigenvalue weighted by Gasteiger charge is -2.33. The molecule has 28 heavy (non-hydrogen) atoms. The zero-order valence-electron chi connectivity index (χ0n) is 14.6. The highest BCUT2D eigenvalue weighted by Crippen LogP contribution is 2.43. The van der Waals surface area contributed by atoms with Crippen LogP contribution in [-0.4, -0.2) is 59.5 Å². The Balaban J connectivity index is 1.58. The molecule has 2 N–H and O–H groups in total. The predicted molar refractivity (Wildman–Crippen MR) is 89.9 cm³/mol. The zero-order chi connectivity index (χ0) is 20.1. The van der Waals surface area contributed by atoms with Crippen molar-refractivity contribution in [2.45, 2.75) is 12.8 Å². The van der Waals surface area contributed by atoms with Crippen LogP contribution in [0.4, 0.5) is 13.2 Å². The molecule has 2 fully saturated rings. The summed E-state index contributed by atoms with van der Waals surface area (Å²) in [4.78, 5) is 29.0. The number of aromatic amines is 1. The molecule has 2 aromatic rings. The van der Waals surface area contributed by atoms with Crippen molar-refractivity contribution in [2.75, 3.05) is 26.3 Å². The first-order valence-electron chi connectivity index (χ1n) is 8.67. The molecular formula is C18H17F3N2O5. The van der Waals surface area contributed by atoms with Crippen molar-refractivity contribution in [3.63, 3.8) is 0 Å². The number of benzene rings is 1. The summed E-state index contributed by atoms with van der Waals surface area (Å²) in [5.41, 5.74) is -0.523. The maximum absolute atomic E-state index is 12.9. The van der Waals surface area contributed by atoms with Gasteiger partial charge in [-0.15, -0.1) is 13.2 Å². The molecule has 0 spiro atoms. The van der Waals surface area contributed by atoms with Crippen LogP contribution in [0.3, 0.4) is 0 Å². The smallest absolute Gasteiger partial charge is 0.481 e. The van der Waals surface area contributed by atoms with Gasteiger partial charge in [-0.3, -0.25) is 9.59 Å². The molecule has 0 radical (unpaired) electrons. The van der Waals surface area contributed by atoms with Crippen LogP contribution in [0.5, 0.6) is 5.75 Å². The highest BCUT2D eigenvalue weighted by Gasteiger charge is 2.55. The minimum Gasteiger partial charge on any atom is -0.481 e. The third-order valence-corrected chi connectivity index (χ3v) is 5.48. The Bertz CT molecular complexity index is 941. The van der Waals surface area contributed by atoms with E-state index in [1.807, 2.05) is 0 Å². The second kappa shape index (κ2) is 6.40. The summed E-state index contributed by atoms with van der Waals surface area (Å²) < 4.78 is 46.4. The Morgan fingerprint density at radius 3 is 2.79 bits per heavy atom. The standard InChI is InChI=1S/C18H17F3N2O5/c19-18(20,21)28-12-2-1-10-5-14(22-13(10)6-12)15(24)23-7-11-8-27-4-3-17(11,9-23)16(25)26/h1-2,5-6,11,22H,3-4,7-9H2,(H,25,26)/t11-,17+/m0/s1. The summed E-state index contributed by atoms with van der Waals surface area (Å²) in [6, 6.07) is 5.27. The molecule has 0 bridgehead atoms. The van der Waals surface area contributed by atoms with Crippen molar-refractivity contribution < 1.29 is 37.3 Å². The molecular weight excluding hydrogens is 381 g/mol. The van der Waals surface area contributed by atoms with E-state index in [9.17, 15) is 27.9 Å². The summed E-state index contributed by atoms with van der Waals surface area (Å²) in [5, 5.41) is 10.2. The number of halogens is 3. The van der Waals surface area contributed by atoms with Crippen LogP contribution >= 0.6 is 0 Å². The number of alkyl halides is 3. The van der Waals surface area contributed by atoms with Gasteiger partial charge in [0.2, 0.25) is 0 Å². The van der Waals surface area contributed by atoms with Gasteiger partial charge in [-0.25, -0.2) is 0 Å². The number of carbonyl (C=O) groups excluding carboxylic acids is 1. The normalized spacial score (nSPS) is 25.0. The Kier molecular flexibility index (Phi) is 4.25. The molecule has 1 amide bonds. The lowest BCUT2D eigenvalue weighted by molar-refractivity contribution is -0.274. The fraction of sp³-hybridized carbons (Fsp3) is 0.444. The number of amides is 1. The van der Waals surface area contributed by atoms with E-state index in [0.29, 0.717) is 23.9 Å². The Morgan fingerprint density at radius 1 is 1.32 bits per heavy atom. The average Bonchev–Trinajstić information content (AvgIpc) is 3.21. The van der Waals surface area contributed by atoms with E-state index in [1.165, 1.54) is 23.1 Å². The number of nitrogens with zero attached hydrogens (tertiary/aromatic N) is 1. The predicted octanol–water partition coefficient (Wildman–Crippen LogP) is 2.63. The number of likely N-dealkylation sites (tertiary alicyclic amines) is 1. The van der Waals surface area contributed by atoms with Gasteiger partial charge in [0.15, 0.2) is 0 Å². The second-order valence-corrected chi connectivity index (χ2v) is 7.15. The lowest BCUT2D eigenvalue weighted by Crippen LogP contribution is -2.45. The number of H-pyrrole nitrogens is 1. The van der Waals surface area contributed by atoms with Gasteiger partial charge in [0.1, 0.15) is 11.4 Å². The number of fused-ring (bicyclic) bond motifs is 2. The average molecular weight is 398 g/mol. The largest absolute Gasteiger partial charge is 0.573 e. The van der Waals surface area contributed by atoms with Gasteiger partial charge < -0.3 is 24.5 Å². The topological polar surface area (TPSA) is 91.9 Å². The van der Waals surface area contributed by atoms with E-state index in [2.05, 4.69) is 9.72 Å². The van der Waals surface area contributed by atoms with Crippen LogP contribution in [0.15, 0.2) is 24.3 Å². The zero-order valence-corrected chi connectivity index (χ0v) is 14.6. The van der Waals surface area contributed by atoms with Gasteiger partial charge in [0.25, 0.3) is 5.91 Å². The number of carboxylic acids is 1. The SMILES string of the molecule is O=C(c1cc2ccc(OC(F)(F)F)cc2[nH]1)N1C[C@H]2COCC[C@@]2(C(=O)O)C1. The van der Waals surface area contributed by atoms with E-state index < -0.39 is 29.4 Å². The van der Waals surface area contributed by atoms with Crippen molar-refractivity contribution in [3.05, 3.63) is 30.0 Å². The molecule has 0 aliphatic carbocycles. The summed E-state index contributed by atoms with van der Waals surface area (Å²) in [6.45, 7) is 0.941. The quantitative estimate of drug-likeness (QED) is 0.830. The fourth-order valence-corrected chi connectivity index (χ4v) is 4.04. The first-order chi connectivity index (χ1) is 13.2. The van der Waals surface area contributed by atoms with Crippen molar-refractivity contribution >= 4 is 22.8 Å². The molecule has 1 aromatic carbocycles. The summed E-state index contributed by atoms with van der Waals surface area (Å²) in [6.07, 6.45) is -4.47. The van der Waals surface area contributed by atoms with Gasteiger partial charge in [0, 0.05) is 42.6 Å². The van der Waals surface area contributed by atoms with E-state index in [1.54, 1.807) is 0 Å². The van der Waals surface area contributed by atoms with Crippen molar-refractivity contribution in [3.8, 4) is 5.75 Å². The number of nitrogens with one attached hydrogen (secondary N) is 1. The van der Waals surface area contributed by atoms with Crippen LogP contribution < -0.4 is 4.74 Å². The monoisotopic (exact) mass is 398 g/mol. The first kappa shape index (κ1) is 18.6. The second-order valence-electron chi connectivity index (χ2n) is 7.15. The number of hydrogen-bond acceptors (Lipinski definition) is 4. The number of carboxylic acid groups (broad SMARTS) is 1. The molecule has 2 aliphatic rings. The van der Waals surface area contributed by atoms with Crippen LogP contribution in [0.1, 0.15) is 16.9 Å². The number of carbonyl (C=O) groups is 2. The highest BCUT2D eigenvalue weighted by atomic mass is 19.4. The number of ether oxygens (including phenoxy) is 2. The van der Waals surface area contributed by atoms with Gasteiger partial charge >= 0.3 is 12.3 Å². The van der Waals surface area contributed by atoms with Crippen LogP contribution in [0.2, 0.25) is 0 Å². The Morgan fingerprint density at radius 2 is 2.11 bits per heavy atom. The molecule has 150 valence electrons. The van der Waals surface area contributed by atoms with Crippen molar-refractivity contribution in [2.24, 2.45) is 11.3 Å². The molecule has 2 aliphatic heterocycles. The minimum atomic E-state index is -4.81. The number of aliphatic carboxylic acids is 1. The van der Waals surface area contributed by atoms with Crippen LogP contribution in [0.25, 0.3) is 10.9 Å². The molecule has 10 heteroatoms. The van der Waals surface area contributed by atoms with E-state index in [-0.39, 0.29) is 31.3 Å². The maximum atomic E-state index is 12.9. The van der Waals surface area contributed by atoms with Crippen LogP contribution in [-0.2, 0) is 9.53 Å². The molecule has 2 saturated heterocycles. The molecule has 3 heterocycles. The minimum absolute atomic E-state index is 0.0764. The molecule has 2 atom stereocenters. The summed E-state index contributed by atoms with van der Waals surface area (Å²) in [7, 11) is 0. The van der Waals surface area contributed by atoms with E-state index >= 15 is 0 Å². The van der Waals surface area contributed by atoms with E-state index in [0.717, 1.165) is 6.07 Å². The van der Waals surface area contributed by atoms with Gasteiger partial charge in [0.05, 0.1) is 12.0 Å². The Hall–Kier alpha value is -2.75. The summed E-state index contributed by atoms with van der Waals surface area (Å²) in [5.74, 6) is -2.03. The van der Waals surface area contributed by atoms with Crippen molar-refractivity contribution in [1.82, 2.24) is 9.88 Å². The fourth-order valence-electron chi connectivity index (χ4n) is 4.04. The Labute approximate surface area is 157 Å². The van der Waals surface area contributed by atoms with Gasteiger partial charge in [-0.1, -0.05) is 0 Å². The molecule has 7 nitrogen and oxygen atoms in total. The third-order valence-electron chi connectivity index (χ3n) is 5.48. The number of hydrogen-bond donors (Lipinski definition) is 2. The first-order valence-corrected chi connectivity index (χ1v) is 8.67. The van der Waals surface area contributed by atoms with Gasteiger partial charge in [-0.2, -0.15) is 0 Å². The van der Waals surface area contributed by atoms with Gasteiger partial charge in [-0.05, 0) is 24.6 Å². The van der Waals surface area contributed by atoms with Crippen LogP contribution in [0, 0.1) is 11.3 Å². The molecule has 0 saturated carbocycles. The lowest BCUT2D eigenvalue weighted by atomic mass is 9.74. The summed E-state index contributed by atoms with van der Waals surface area (Å²) >= 11 is 0. The number of rotatable bonds is 3. The van der Waals surface area contributed by atoms with Crippen molar-refractivity contribution in [1.29, 1.82) is 0 Å². The molecule has 0 unspecified atom stereocenters. The molecule has 4 rings (SSSR count). The number of aromatic nitrogens is 1. The third kappa shape index (κ3) is 3.17.